The van der Waals surface area contributed by atoms with Gasteiger partial charge in [0.25, 0.3) is 0 Å². The van der Waals surface area contributed by atoms with Gasteiger partial charge in [0.2, 0.25) is 5.91 Å². The van der Waals surface area contributed by atoms with Crippen LogP contribution in [0.5, 0.6) is 0 Å². The Hall–Kier alpha value is -0.440. The summed E-state index contributed by atoms with van der Waals surface area (Å²) in [6, 6.07) is 0.181. The van der Waals surface area contributed by atoms with Crippen LogP contribution in [0.2, 0.25) is 0 Å². The van der Waals surface area contributed by atoms with Gasteiger partial charge in [-0.1, -0.05) is 19.1 Å². The van der Waals surface area contributed by atoms with Crippen LogP contribution in [0.4, 0.5) is 0 Å². The number of rotatable bonds is 2. The van der Waals surface area contributed by atoms with Crippen LogP contribution in [0.1, 0.15) is 34.1 Å². The summed E-state index contributed by atoms with van der Waals surface area (Å²) in [7, 11) is 0. The van der Waals surface area contributed by atoms with Crippen molar-refractivity contribution in [3.05, 3.63) is 0 Å². The van der Waals surface area contributed by atoms with Gasteiger partial charge in [-0.25, -0.2) is 0 Å². The highest BCUT2D eigenvalue weighted by Crippen LogP contribution is 2.02. The van der Waals surface area contributed by atoms with Crippen LogP contribution in [0.25, 0.3) is 0 Å². The number of nitrogens with zero attached hydrogens (tertiary/aromatic N) is 1. The fraction of sp³-hybridized carbons (Fsp3) is 0.750. The maximum absolute atomic E-state index is 11.2. The quantitative estimate of drug-likeness (QED) is 0.595. The first kappa shape index (κ1) is 10.6. The molecule has 0 unspecified atom stereocenters. The Morgan fingerprint density at radius 2 is 2.00 bits per heavy atom. The van der Waals surface area contributed by atoms with Crippen molar-refractivity contribution >= 4 is 23.1 Å². The molecule has 0 heterocycles. The first-order chi connectivity index (χ1) is 5.00. The van der Waals surface area contributed by atoms with Crippen molar-refractivity contribution in [1.29, 1.82) is 0 Å². The van der Waals surface area contributed by atoms with Crippen LogP contribution in [-0.4, -0.2) is 21.8 Å². The largest absolute Gasteiger partial charge is 0.304 e. The van der Waals surface area contributed by atoms with E-state index in [4.69, 9.17) is 12.2 Å². The van der Waals surface area contributed by atoms with Crippen molar-refractivity contribution in [2.24, 2.45) is 0 Å². The molecule has 0 spiro atoms. The van der Waals surface area contributed by atoms with Gasteiger partial charge in [-0.2, -0.15) is 0 Å². The van der Waals surface area contributed by atoms with Crippen LogP contribution in [-0.2, 0) is 4.79 Å². The van der Waals surface area contributed by atoms with Gasteiger partial charge < -0.3 is 4.90 Å². The van der Waals surface area contributed by atoms with Crippen LogP contribution < -0.4 is 0 Å². The zero-order valence-electron chi connectivity index (χ0n) is 7.55. The lowest BCUT2D eigenvalue weighted by atomic mass is 10.3. The molecule has 0 aromatic rings. The van der Waals surface area contributed by atoms with E-state index in [0.717, 1.165) is 0 Å². The van der Waals surface area contributed by atoms with Crippen LogP contribution in [0, 0.1) is 0 Å². The standard InChI is InChI=1S/C8H15NOS/c1-5-8(10)9(6(2)3)7(4)11/h6H,5H2,1-4H3. The molecule has 0 fully saturated rings. The van der Waals surface area contributed by atoms with E-state index in [1.54, 1.807) is 11.8 Å². The second-order valence-corrected chi connectivity index (χ2v) is 3.32. The molecule has 0 aromatic heterocycles. The first-order valence-corrected chi connectivity index (χ1v) is 4.24. The van der Waals surface area contributed by atoms with Gasteiger partial charge in [-0.05, 0) is 20.8 Å². The summed E-state index contributed by atoms with van der Waals surface area (Å²) in [4.78, 5) is 13.5. The topological polar surface area (TPSA) is 20.3 Å². The number of hydrogen-bond acceptors (Lipinski definition) is 2. The third-order valence-corrected chi connectivity index (χ3v) is 1.62. The highest BCUT2D eigenvalue weighted by Gasteiger charge is 2.15. The zero-order chi connectivity index (χ0) is 9.02. The Morgan fingerprint density at radius 1 is 1.55 bits per heavy atom. The molecular formula is C8H15NOS. The van der Waals surface area contributed by atoms with Gasteiger partial charge in [0, 0.05) is 12.5 Å². The molecule has 1 amide bonds. The van der Waals surface area contributed by atoms with E-state index in [1.807, 2.05) is 20.8 Å². The molecule has 0 bridgehead atoms. The predicted molar refractivity (Wildman–Crippen MR) is 50.5 cm³/mol. The third kappa shape index (κ3) is 2.97. The van der Waals surface area contributed by atoms with Gasteiger partial charge in [0.05, 0.1) is 4.99 Å². The molecule has 0 aliphatic carbocycles. The zero-order valence-corrected chi connectivity index (χ0v) is 8.36. The second-order valence-electron chi connectivity index (χ2n) is 2.73. The van der Waals surface area contributed by atoms with Crippen molar-refractivity contribution in [3.63, 3.8) is 0 Å². The Morgan fingerprint density at radius 3 is 2.09 bits per heavy atom. The minimum Gasteiger partial charge on any atom is -0.304 e. The van der Waals surface area contributed by atoms with E-state index >= 15 is 0 Å². The average Bonchev–Trinajstić information content (AvgIpc) is 1.85. The number of thiocarbonyl (C=S) groups is 1. The highest BCUT2D eigenvalue weighted by atomic mass is 32.1. The molecule has 0 aliphatic rings. The van der Waals surface area contributed by atoms with Crippen LogP contribution in [0.3, 0.4) is 0 Å². The van der Waals surface area contributed by atoms with E-state index in [1.165, 1.54) is 0 Å². The van der Waals surface area contributed by atoms with E-state index < -0.39 is 0 Å². The maximum atomic E-state index is 11.2. The van der Waals surface area contributed by atoms with E-state index in [0.29, 0.717) is 11.4 Å². The van der Waals surface area contributed by atoms with Gasteiger partial charge >= 0.3 is 0 Å². The van der Waals surface area contributed by atoms with E-state index in [2.05, 4.69) is 0 Å². The molecule has 0 radical (unpaired) electrons. The van der Waals surface area contributed by atoms with Crippen molar-refractivity contribution < 1.29 is 4.79 Å². The summed E-state index contributed by atoms with van der Waals surface area (Å²) >= 11 is 4.94. The molecule has 0 aromatic carbocycles. The normalized spacial score (nSPS) is 9.91. The molecule has 0 rings (SSSR count). The molecule has 11 heavy (non-hydrogen) atoms. The number of carbonyl (C=O) groups is 1. The minimum atomic E-state index is 0.104. The lowest BCUT2D eigenvalue weighted by Gasteiger charge is -2.24. The predicted octanol–water partition coefficient (Wildman–Crippen LogP) is 1.98. The SMILES string of the molecule is CCC(=O)N(C(C)=S)C(C)C. The lowest BCUT2D eigenvalue weighted by Crippen LogP contribution is -2.39. The molecule has 0 saturated carbocycles. The summed E-state index contributed by atoms with van der Waals surface area (Å²) in [5.41, 5.74) is 0. The van der Waals surface area contributed by atoms with Crippen molar-refractivity contribution in [3.8, 4) is 0 Å². The van der Waals surface area contributed by atoms with Crippen LogP contribution >= 0.6 is 12.2 Å². The molecular weight excluding hydrogens is 158 g/mol. The molecule has 0 aliphatic heterocycles. The van der Waals surface area contributed by atoms with Gasteiger partial charge in [0.1, 0.15) is 0 Å². The lowest BCUT2D eigenvalue weighted by molar-refractivity contribution is -0.128. The highest BCUT2D eigenvalue weighted by molar-refractivity contribution is 7.80. The summed E-state index contributed by atoms with van der Waals surface area (Å²) in [6.07, 6.45) is 0.520. The molecule has 2 nitrogen and oxygen atoms in total. The average molecular weight is 173 g/mol. The summed E-state index contributed by atoms with van der Waals surface area (Å²) < 4.78 is 0. The maximum Gasteiger partial charge on any atom is 0.227 e. The minimum absolute atomic E-state index is 0.104. The molecule has 0 saturated heterocycles. The Kier molecular flexibility index (Phi) is 4.26. The molecule has 0 N–H and O–H groups in total. The van der Waals surface area contributed by atoms with Crippen molar-refractivity contribution in [2.75, 3.05) is 0 Å². The summed E-state index contributed by atoms with van der Waals surface area (Å²) in [6.45, 7) is 7.55. The van der Waals surface area contributed by atoms with Gasteiger partial charge in [-0.15, -0.1) is 0 Å². The van der Waals surface area contributed by atoms with Gasteiger partial charge in [0.15, 0.2) is 0 Å². The fourth-order valence-electron chi connectivity index (χ4n) is 0.998. The first-order valence-electron chi connectivity index (χ1n) is 3.83. The number of carbonyl (C=O) groups excluding carboxylic acids is 1. The van der Waals surface area contributed by atoms with Crippen molar-refractivity contribution in [2.45, 2.75) is 40.2 Å². The summed E-state index contributed by atoms with van der Waals surface area (Å²) in [5.74, 6) is 0.104. The smallest absolute Gasteiger partial charge is 0.227 e. The Balaban J connectivity index is 4.34. The second kappa shape index (κ2) is 4.44. The molecule has 64 valence electrons. The molecule has 0 atom stereocenters. The summed E-state index contributed by atoms with van der Waals surface area (Å²) in [5, 5.41) is 0. The van der Waals surface area contributed by atoms with Gasteiger partial charge in [-0.3, -0.25) is 4.79 Å². The fourth-order valence-corrected chi connectivity index (χ4v) is 1.31. The number of amides is 1. The monoisotopic (exact) mass is 173 g/mol. The van der Waals surface area contributed by atoms with Crippen LogP contribution in [0.15, 0.2) is 0 Å². The van der Waals surface area contributed by atoms with E-state index in [9.17, 15) is 4.79 Å². The third-order valence-electron chi connectivity index (χ3n) is 1.43. The Bertz CT molecular complexity index is 165. The molecule has 3 heteroatoms. The van der Waals surface area contributed by atoms with Crippen molar-refractivity contribution in [1.82, 2.24) is 4.90 Å². The number of hydrogen-bond donors (Lipinski definition) is 0. The van der Waals surface area contributed by atoms with E-state index in [-0.39, 0.29) is 11.9 Å². The Labute approximate surface area is 73.6 Å².